The first-order chi connectivity index (χ1) is 8.47. The Labute approximate surface area is 113 Å². The molecule has 1 N–H and O–H groups in total. The number of thiazole rings is 1. The summed E-state index contributed by atoms with van der Waals surface area (Å²) in [7, 11) is 0. The molecule has 18 heavy (non-hydrogen) atoms. The fourth-order valence-corrected chi connectivity index (χ4v) is 3.50. The summed E-state index contributed by atoms with van der Waals surface area (Å²) >= 11 is 2.81. The Bertz CT molecular complexity index is 577. The van der Waals surface area contributed by atoms with Crippen molar-refractivity contribution in [1.29, 1.82) is 0 Å². The molecule has 5 nitrogen and oxygen atoms in total. The highest BCUT2D eigenvalue weighted by Gasteiger charge is 2.15. The Morgan fingerprint density at radius 2 is 2.17 bits per heavy atom. The van der Waals surface area contributed by atoms with Crippen LogP contribution in [0.5, 0.6) is 0 Å². The zero-order chi connectivity index (χ0) is 13.3. The van der Waals surface area contributed by atoms with Crippen molar-refractivity contribution in [2.75, 3.05) is 5.32 Å². The molecule has 0 spiro atoms. The van der Waals surface area contributed by atoms with Gasteiger partial charge < -0.3 is 5.32 Å². The summed E-state index contributed by atoms with van der Waals surface area (Å²) in [5.74, 6) is 0. The second kappa shape index (κ2) is 5.03. The molecular weight excluding hydrogens is 270 g/mol. The van der Waals surface area contributed by atoms with Gasteiger partial charge in [0, 0.05) is 9.75 Å². The quantitative estimate of drug-likeness (QED) is 0.682. The monoisotopic (exact) mass is 283 g/mol. The van der Waals surface area contributed by atoms with E-state index < -0.39 is 4.92 Å². The molecule has 2 aromatic rings. The topological polar surface area (TPSA) is 68.1 Å². The van der Waals surface area contributed by atoms with Gasteiger partial charge in [-0.25, -0.2) is 4.98 Å². The van der Waals surface area contributed by atoms with E-state index in [4.69, 9.17) is 0 Å². The van der Waals surface area contributed by atoms with Crippen molar-refractivity contribution in [3.63, 3.8) is 0 Å². The lowest BCUT2D eigenvalue weighted by Crippen LogP contribution is -2.06. The van der Waals surface area contributed by atoms with Gasteiger partial charge in [-0.05, 0) is 43.7 Å². The molecule has 1 unspecified atom stereocenters. The zero-order valence-corrected chi connectivity index (χ0v) is 11.9. The molecule has 0 aliphatic carbocycles. The van der Waals surface area contributed by atoms with Crippen LogP contribution in [0.2, 0.25) is 0 Å². The molecule has 0 saturated carbocycles. The van der Waals surface area contributed by atoms with Crippen LogP contribution in [0, 0.1) is 24.0 Å². The van der Waals surface area contributed by atoms with E-state index in [0.717, 1.165) is 11.3 Å². The highest BCUT2D eigenvalue weighted by molar-refractivity contribution is 7.18. The molecule has 2 rings (SSSR count). The minimum absolute atomic E-state index is 0.0583. The average molecular weight is 283 g/mol. The summed E-state index contributed by atoms with van der Waals surface area (Å²) in [6.45, 7) is 6.18. The summed E-state index contributed by atoms with van der Waals surface area (Å²) in [5, 5.41) is 14.4. The molecule has 0 saturated heterocycles. The van der Waals surface area contributed by atoms with Crippen molar-refractivity contribution in [2.24, 2.45) is 0 Å². The second-order valence-electron chi connectivity index (χ2n) is 4.00. The number of hydrogen-bond donors (Lipinski definition) is 1. The van der Waals surface area contributed by atoms with E-state index in [1.54, 1.807) is 11.3 Å². The van der Waals surface area contributed by atoms with E-state index in [2.05, 4.69) is 30.2 Å². The first kappa shape index (κ1) is 13.0. The van der Waals surface area contributed by atoms with Gasteiger partial charge in [0.25, 0.3) is 0 Å². The second-order valence-corrected chi connectivity index (χ2v) is 6.46. The van der Waals surface area contributed by atoms with Crippen LogP contribution < -0.4 is 5.32 Å². The number of aryl methyl sites for hydroxylation is 2. The van der Waals surface area contributed by atoms with Crippen LogP contribution in [0.15, 0.2) is 12.3 Å². The average Bonchev–Trinajstić information content (AvgIpc) is 2.85. The van der Waals surface area contributed by atoms with Gasteiger partial charge in [0.2, 0.25) is 0 Å². The van der Waals surface area contributed by atoms with Crippen LogP contribution in [0.25, 0.3) is 0 Å². The number of thiophene rings is 1. The van der Waals surface area contributed by atoms with Crippen molar-refractivity contribution >= 4 is 32.8 Å². The van der Waals surface area contributed by atoms with E-state index in [1.807, 2.05) is 6.92 Å². The molecule has 1 atom stereocenters. The van der Waals surface area contributed by atoms with Crippen molar-refractivity contribution < 1.29 is 4.92 Å². The summed E-state index contributed by atoms with van der Waals surface area (Å²) < 4.78 is 0. The maximum atomic E-state index is 10.6. The minimum Gasteiger partial charge on any atom is -0.355 e. The summed E-state index contributed by atoms with van der Waals surface area (Å²) in [4.78, 5) is 16.7. The predicted molar refractivity (Wildman–Crippen MR) is 74.6 cm³/mol. The van der Waals surface area contributed by atoms with Crippen LogP contribution in [0.4, 0.5) is 10.1 Å². The van der Waals surface area contributed by atoms with Gasteiger partial charge in [-0.2, -0.15) is 0 Å². The van der Waals surface area contributed by atoms with Crippen molar-refractivity contribution in [1.82, 2.24) is 4.98 Å². The van der Waals surface area contributed by atoms with Crippen LogP contribution in [0.3, 0.4) is 0 Å². The summed E-state index contributed by atoms with van der Waals surface area (Å²) in [6, 6.07) is 2.24. The normalized spacial score (nSPS) is 12.4. The van der Waals surface area contributed by atoms with Gasteiger partial charge in [0.15, 0.2) is 5.13 Å². The van der Waals surface area contributed by atoms with E-state index in [-0.39, 0.29) is 11.0 Å². The molecule has 2 aromatic heterocycles. The zero-order valence-electron chi connectivity index (χ0n) is 10.3. The van der Waals surface area contributed by atoms with Crippen LogP contribution in [0.1, 0.15) is 28.3 Å². The van der Waals surface area contributed by atoms with Crippen molar-refractivity contribution in [3.8, 4) is 0 Å². The molecule has 7 heteroatoms. The number of aromatic nitrogens is 1. The molecule has 0 amide bonds. The Hall–Kier alpha value is -1.47. The fourth-order valence-electron chi connectivity index (χ4n) is 1.76. The Balaban J connectivity index is 2.13. The molecule has 96 valence electrons. The van der Waals surface area contributed by atoms with E-state index >= 15 is 0 Å². The third-order valence-electron chi connectivity index (χ3n) is 2.56. The lowest BCUT2D eigenvalue weighted by Gasteiger charge is -2.12. The number of nitro groups is 1. The Kier molecular flexibility index (Phi) is 3.63. The highest BCUT2D eigenvalue weighted by Crippen LogP contribution is 2.31. The third kappa shape index (κ3) is 2.68. The first-order valence-electron chi connectivity index (χ1n) is 5.41. The maximum Gasteiger partial charge on any atom is 0.345 e. The Morgan fingerprint density at radius 3 is 2.67 bits per heavy atom. The molecular formula is C11H13N3O2S2. The van der Waals surface area contributed by atoms with E-state index in [1.165, 1.54) is 21.5 Å². The van der Waals surface area contributed by atoms with Crippen molar-refractivity contribution in [3.05, 3.63) is 37.7 Å². The Morgan fingerprint density at radius 1 is 1.44 bits per heavy atom. The van der Waals surface area contributed by atoms with Crippen LogP contribution in [-0.4, -0.2) is 9.91 Å². The number of hydrogen-bond acceptors (Lipinski definition) is 6. The van der Waals surface area contributed by atoms with E-state index in [0.29, 0.717) is 5.13 Å². The summed E-state index contributed by atoms with van der Waals surface area (Å²) in [6.07, 6.45) is 1.28. The lowest BCUT2D eigenvalue weighted by molar-refractivity contribution is -0.380. The smallest absolute Gasteiger partial charge is 0.345 e. The molecule has 2 heterocycles. The van der Waals surface area contributed by atoms with E-state index in [9.17, 15) is 10.1 Å². The van der Waals surface area contributed by atoms with Gasteiger partial charge in [-0.3, -0.25) is 10.1 Å². The largest absolute Gasteiger partial charge is 0.355 e. The van der Waals surface area contributed by atoms with Crippen LogP contribution in [-0.2, 0) is 0 Å². The lowest BCUT2D eigenvalue weighted by atomic mass is 10.1. The number of nitrogens with one attached hydrogen (secondary N) is 1. The van der Waals surface area contributed by atoms with Gasteiger partial charge in [0.05, 0.1) is 11.0 Å². The molecule has 0 bridgehead atoms. The van der Waals surface area contributed by atoms with Gasteiger partial charge >= 0.3 is 5.00 Å². The van der Waals surface area contributed by atoms with Crippen LogP contribution >= 0.6 is 22.7 Å². The minimum atomic E-state index is -0.423. The molecule has 0 aliphatic rings. The number of anilines is 1. The molecule has 0 aromatic carbocycles. The predicted octanol–water partition coefficient (Wildman–Crippen LogP) is 3.90. The van der Waals surface area contributed by atoms with Gasteiger partial charge in [-0.1, -0.05) is 0 Å². The fraction of sp³-hybridized carbons (Fsp3) is 0.364. The first-order valence-corrected chi connectivity index (χ1v) is 7.04. The van der Waals surface area contributed by atoms with Gasteiger partial charge in [-0.15, -0.1) is 11.3 Å². The standard InChI is InChI=1S/C11H13N3O2S2/c1-6-4-9(8(3)17-6)7(2)13-11-12-5-10(18-11)14(15)16/h4-5,7H,1-3H3,(H,12,13). The van der Waals surface area contributed by atoms with Gasteiger partial charge in [0.1, 0.15) is 6.20 Å². The third-order valence-corrected chi connectivity index (χ3v) is 4.42. The maximum absolute atomic E-state index is 10.6. The number of nitrogens with zero attached hydrogens (tertiary/aromatic N) is 2. The SMILES string of the molecule is Cc1cc(C(C)Nc2ncc([N+](=O)[O-])s2)c(C)s1. The highest BCUT2D eigenvalue weighted by atomic mass is 32.1. The number of rotatable bonds is 4. The van der Waals surface area contributed by atoms with Crippen molar-refractivity contribution in [2.45, 2.75) is 26.8 Å². The molecule has 0 radical (unpaired) electrons. The summed E-state index contributed by atoms with van der Waals surface area (Å²) in [5.41, 5.74) is 1.22. The molecule has 0 aliphatic heterocycles. The molecule has 0 fully saturated rings.